The fraction of sp³-hybridized carbons (Fsp3) is 0.125. The van der Waals surface area contributed by atoms with Gasteiger partial charge in [-0.05, 0) is 31.2 Å². The maximum Gasteiger partial charge on any atom is 0.265 e. The Labute approximate surface area is 127 Å². The largest absolute Gasteiger partial charge is 0.480 e. The van der Waals surface area contributed by atoms with Gasteiger partial charge >= 0.3 is 0 Å². The molecule has 0 saturated heterocycles. The van der Waals surface area contributed by atoms with Crippen LogP contribution in [0.5, 0.6) is 5.75 Å². The van der Waals surface area contributed by atoms with E-state index in [-0.39, 0.29) is 22.2 Å². The maximum absolute atomic E-state index is 12.0. The van der Waals surface area contributed by atoms with Crippen molar-refractivity contribution in [2.45, 2.75) is 13.0 Å². The standard InChI is InChI=1S/C16H14ClNO3/c1-11(16(20)18-12-6-3-2-4-7-12)21-15-9-5-8-14(17)13(15)10-19/h2-11H,1H3,(H,18,20). The van der Waals surface area contributed by atoms with Crippen LogP contribution in [0.15, 0.2) is 48.5 Å². The fourth-order valence-corrected chi connectivity index (χ4v) is 1.95. The highest BCUT2D eigenvalue weighted by atomic mass is 35.5. The van der Waals surface area contributed by atoms with Crippen LogP contribution in [0.3, 0.4) is 0 Å². The molecule has 1 amide bonds. The minimum atomic E-state index is -0.762. The summed E-state index contributed by atoms with van der Waals surface area (Å²) in [6.45, 7) is 1.60. The summed E-state index contributed by atoms with van der Waals surface area (Å²) in [4.78, 5) is 23.1. The number of hydrogen-bond acceptors (Lipinski definition) is 3. The normalized spacial score (nSPS) is 11.5. The summed E-state index contributed by atoms with van der Waals surface area (Å²) in [5.74, 6) is -0.0220. The van der Waals surface area contributed by atoms with Crippen molar-refractivity contribution in [3.05, 3.63) is 59.1 Å². The molecular weight excluding hydrogens is 290 g/mol. The Hall–Kier alpha value is -2.33. The SMILES string of the molecule is CC(Oc1cccc(Cl)c1C=O)C(=O)Nc1ccccc1. The van der Waals surface area contributed by atoms with Crippen LogP contribution < -0.4 is 10.1 Å². The number of ether oxygens (including phenoxy) is 1. The van der Waals surface area contributed by atoms with E-state index in [1.165, 1.54) is 0 Å². The predicted molar refractivity (Wildman–Crippen MR) is 82.0 cm³/mol. The number of halogens is 1. The molecule has 5 heteroatoms. The molecule has 0 aliphatic carbocycles. The van der Waals surface area contributed by atoms with Gasteiger partial charge in [-0.3, -0.25) is 9.59 Å². The Morgan fingerprint density at radius 2 is 1.90 bits per heavy atom. The molecule has 0 fully saturated rings. The van der Waals surface area contributed by atoms with Crippen molar-refractivity contribution >= 4 is 29.5 Å². The van der Waals surface area contributed by atoms with Crippen LogP contribution in [0.25, 0.3) is 0 Å². The van der Waals surface area contributed by atoms with Crippen molar-refractivity contribution in [2.24, 2.45) is 0 Å². The van der Waals surface area contributed by atoms with E-state index in [1.54, 1.807) is 37.3 Å². The van der Waals surface area contributed by atoms with E-state index in [0.717, 1.165) is 0 Å². The van der Waals surface area contributed by atoms with E-state index in [0.29, 0.717) is 12.0 Å². The molecule has 1 unspecified atom stereocenters. The highest BCUT2D eigenvalue weighted by Gasteiger charge is 2.17. The van der Waals surface area contributed by atoms with E-state index in [9.17, 15) is 9.59 Å². The molecule has 2 rings (SSSR count). The molecule has 2 aromatic rings. The molecular formula is C16H14ClNO3. The highest BCUT2D eigenvalue weighted by molar-refractivity contribution is 6.33. The zero-order valence-electron chi connectivity index (χ0n) is 11.4. The molecule has 0 radical (unpaired) electrons. The van der Waals surface area contributed by atoms with Crippen LogP contribution in [0, 0.1) is 0 Å². The smallest absolute Gasteiger partial charge is 0.265 e. The fourth-order valence-electron chi connectivity index (χ4n) is 1.74. The summed E-state index contributed by atoms with van der Waals surface area (Å²) in [5.41, 5.74) is 0.915. The third kappa shape index (κ3) is 3.83. The first-order chi connectivity index (χ1) is 10.1. The molecule has 0 saturated carbocycles. The van der Waals surface area contributed by atoms with Gasteiger partial charge in [0.2, 0.25) is 0 Å². The summed E-state index contributed by atoms with van der Waals surface area (Å²) in [6.07, 6.45) is -0.151. The number of carbonyl (C=O) groups is 2. The van der Waals surface area contributed by atoms with Crippen molar-refractivity contribution in [1.82, 2.24) is 0 Å². The first-order valence-electron chi connectivity index (χ1n) is 6.38. The minimum Gasteiger partial charge on any atom is -0.480 e. The quantitative estimate of drug-likeness (QED) is 0.859. The third-order valence-electron chi connectivity index (χ3n) is 2.85. The Morgan fingerprint density at radius 3 is 2.57 bits per heavy atom. The summed E-state index contributed by atoms with van der Waals surface area (Å²) in [7, 11) is 0. The van der Waals surface area contributed by atoms with Crippen LogP contribution in [-0.2, 0) is 4.79 Å². The average molecular weight is 304 g/mol. The summed E-state index contributed by atoms with van der Waals surface area (Å²) < 4.78 is 5.52. The number of hydrogen-bond donors (Lipinski definition) is 1. The summed E-state index contributed by atoms with van der Waals surface area (Å²) >= 11 is 5.91. The Bertz CT molecular complexity index is 643. The van der Waals surface area contributed by atoms with Gasteiger partial charge in [0.05, 0.1) is 10.6 Å². The number of para-hydroxylation sites is 1. The first-order valence-corrected chi connectivity index (χ1v) is 6.76. The topological polar surface area (TPSA) is 55.4 Å². The summed E-state index contributed by atoms with van der Waals surface area (Å²) in [6, 6.07) is 13.9. The van der Waals surface area contributed by atoms with Crippen molar-refractivity contribution in [3.8, 4) is 5.75 Å². The lowest BCUT2D eigenvalue weighted by atomic mass is 10.2. The molecule has 0 aromatic heterocycles. The Kier molecular flexibility index (Phi) is 4.95. The zero-order valence-corrected chi connectivity index (χ0v) is 12.1. The van der Waals surface area contributed by atoms with Crippen LogP contribution in [0.1, 0.15) is 17.3 Å². The highest BCUT2D eigenvalue weighted by Crippen LogP contribution is 2.25. The van der Waals surface area contributed by atoms with Gasteiger partial charge in [-0.25, -0.2) is 0 Å². The lowest BCUT2D eigenvalue weighted by Gasteiger charge is -2.16. The first kappa shape index (κ1) is 15.1. The van der Waals surface area contributed by atoms with Gasteiger partial charge in [-0.15, -0.1) is 0 Å². The van der Waals surface area contributed by atoms with Crippen molar-refractivity contribution in [3.63, 3.8) is 0 Å². The molecule has 21 heavy (non-hydrogen) atoms. The van der Waals surface area contributed by atoms with E-state index >= 15 is 0 Å². The van der Waals surface area contributed by atoms with Gasteiger partial charge in [0.15, 0.2) is 12.4 Å². The van der Waals surface area contributed by atoms with Crippen LogP contribution in [0.4, 0.5) is 5.69 Å². The second kappa shape index (κ2) is 6.90. The lowest BCUT2D eigenvalue weighted by Crippen LogP contribution is -2.30. The molecule has 4 nitrogen and oxygen atoms in total. The molecule has 0 bridgehead atoms. The average Bonchev–Trinajstić information content (AvgIpc) is 2.48. The monoisotopic (exact) mass is 303 g/mol. The number of amides is 1. The second-order valence-corrected chi connectivity index (χ2v) is 4.79. The van der Waals surface area contributed by atoms with Gasteiger partial charge < -0.3 is 10.1 Å². The summed E-state index contributed by atoms with van der Waals surface area (Å²) in [5, 5.41) is 3.02. The molecule has 108 valence electrons. The van der Waals surface area contributed by atoms with Crippen molar-refractivity contribution in [2.75, 3.05) is 5.32 Å². The number of nitrogens with one attached hydrogen (secondary N) is 1. The second-order valence-electron chi connectivity index (χ2n) is 4.38. The molecule has 0 heterocycles. The molecule has 1 atom stereocenters. The number of carbonyl (C=O) groups excluding carboxylic acids is 2. The van der Waals surface area contributed by atoms with Gasteiger partial charge in [0.1, 0.15) is 5.75 Å². The molecule has 0 aliphatic heterocycles. The van der Waals surface area contributed by atoms with Crippen molar-refractivity contribution in [1.29, 1.82) is 0 Å². The number of rotatable bonds is 5. The number of anilines is 1. The van der Waals surface area contributed by atoms with Gasteiger partial charge in [0.25, 0.3) is 5.91 Å². The molecule has 2 aromatic carbocycles. The van der Waals surface area contributed by atoms with Gasteiger partial charge in [0, 0.05) is 5.69 Å². The van der Waals surface area contributed by atoms with Crippen LogP contribution in [0.2, 0.25) is 5.02 Å². The maximum atomic E-state index is 12.0. The van der Waals surface area contributed by atoms with Crippen LogP contribution in [-0.4, -0.2) is 18.3 Å². The minimum absolute atomic E-state index is 0.235. The third-order valence-corrected chi connectivity index (χ3v) is 3.17. The molecule has 0 spiro atoms. The van der Waals surface area contributed by atoms with Gasteiger partial charge in [-0.1, -0.05) is 35.9 Å². The van der Waals surface area contributed by atoms with Crippen LogP contribution >= 0.6 is 11.6 Å². The number of aldehydes is 1. The van der Waals surface area contributed by atoms with E-state index in [1.807, 2.05) is 18.2 Å². The zero-order chi connectivity index (χ0) is 15.2. The Balaban J connectivity index is 2.08. The Morgan fingerprint density at radius 1 is 1.19 bits per heavy atom. The molecule has 0 aliphatic rings. The van der Waals surface area contributed by atoms with E-state index in [4.69, 9.17) is 16.3 Å². The van der Waals surface area contributed by atoms with E-state index in [2.05, 4.69) is 5.32 Å². The lowest BCUT2D eigenvalue weighted by molar-refractivity contribution is -0.122. The van der Waals surface area contributed by atoms with Gasteiger partial charge in [-0.2, -0.15) is 0 Å². The van der Waals surface area contributed by atoms with E-state index < -0.39 is 6.10 Å². The number of benzene rings is 2. The molecule has 1 N–H and O–H groups in total. The van der Waals surface area contributed by atoms with Crippen molar-refractivity contribution < 1.29 is 14.3 Å². The predicted octanol–water partition coefficient (Wildman–Crippen LogP) is 3.56.